The predicted octanol–water partition coefficient (Wildman–Crippen LogP) is 1.85. The van der Waals surface area contributed by atoms with E-state index in [1.807, 2.05) is 0 Å². The lowest BCUT2D eigenvalue weighted by atomic mass is 10.1. The Bertz CT molecular complexity index is 327. The molecule has 0 saturated heterocycles. The third-order valence-corrected chi connectivity index (χ3v) is 2.74. The number of imidazole rings is 1. The Morgan fingerprint density at radius 1 is 1.57 bits per heavy atom. The molecule has 2 rings (SSSR count). The molecular formula is C10H14N2O2. The van der Waals surface area contributed by atoms with E-state index in [0.717, 1.165) is 5.82 Å². The second kappa shape index (κ2) is 3.82. The van der Waals surface area contributed by atoms with Crippen molar-refractivity contribution in [1.29, 1.82) is 0 Å². The zero-order chi connectivity index (χ0) is 9.97. The van der Waals surface area contributed by atoms with Crippen LogP contribution in [0.4, 0.5) is 0 Å². The molecule has 1 aromatic heterocycles. The van der Waals surface area contributed by atoms with E-state index in [2.05, 4.69) is 14.7 Å². The van der Waals surface area contributed by atoms with E-state index in [1.165, 1.54) is 32.8 Å². The van der Waals surface area contributed by atoms with Gasteiger partial charge in [-0.2, -0.15) is 0 Å². The summed E-state index contributed by atoms with van der Waals surface area (Å²) in [5, 5.41) is 0. The highest BCUT2D eigenvalue weighted by molar-refractivity contribution is 5.86. The van der Waals surface area contributed by atoms with E-state index in [0.29, 0.717) is 11.6 Å². The highest BCUT2D eigenvalue weighted by atomic mass is 16.5. The molecular weight excluding hydrogens is 180 g/mol. The van der Waals surface area contributed by atoms with Crippen molar-refractivity contribution < 1.29 is 9.53 Å². The summed E-state index contributed by atoms with van der Waals surface area (Å²) in [6.07, 6.45) is 6.43. The van der Waals surface area contributed by atoms with Gasteiger partial charge >= 0.3 is 5.97 Å². The Hall–Kier alpha value is -1.32. The van der Waals surface area contributed by atoms with Crippen LogP contribution in [-0.4, -0.2) is 23.0 Å². The van der Waals surface area contributed by atoms with Gasteiger partial charge in [0.1, 0.15) is 11.5 Å². The molecule has 0 unspecified atom stereocenters. The molecule has 1 heterocycles. The minimum absolute atomic E-state index is 0.346. The molecule has 4 nitrogen and oxygen atoms in total. The minimum atomic E-state index is -0.346. The maximum Gasteiger partial charge on any atom is 0.356 e. The second-order valence-corrected chi connectivity index (χ2v) is 3.66. The summed E-state index contributed by atoms with van der Waals surface area (Å²) in [7, 11) is 1.37. The van der Waals surface area contributed by atoms with E-state index in [-0.39, 0.29) is 5.97 Å². The third kappa shape index (κ3) is 1.64. The number of rotatable bonds is 2. The van der Waals surface area contributed by atoms with Crippen LogP contribution in [0.15, 0.2) is 6.20 Å². The molecule has 1 fully saturated rings. The maximum atomic E-state index is 11.1. The van der Waals surface area contributed by atoms with Gasteiger partial charge in [-0.1, -0.05) is 12.8 Å². The van der Waals surface area contributed by atoms with Crippen LogP contribution in [0.25, 0.3) is 0 Å². The van der Waals surface area contributed by atoms with Crippen LogP contribution in [0.1, 0.15) is 47.9 Å². The van der Waals surface area contributed by atoms with Crippen LogP contribution in [0.2, 0.25) is 0 Å². The van der Waals surface area contributed by atoms with Gasteiger partial charge < -0.3 is 9.72 Å². The predicted molar refractivity (Wildman–Crippen MR) is 51.1 cm³/mol. The van der Waals surface area contributed by atoms with Gasteiger partial charge in [0.15, 0.2) is 0 Å². The van der Waals surface area contributed by atoms with Crippen LogP contribution in [0, 0.1) is 0 Å². The van der Waals surface area contributed by atoms with Gasteiger partial charge in [-0.25, -0.2) is 9.78 Å². The number of nitrogens with one attached hydrogen (secondary N) is 1. The van der Waals surface area contributed by atoms with Crippen molar-refractivity contribution in [3.8, 4) is 0 Å². The van der Waals surface area contributed by atoms with E-state index in [4.69, 9.17) is 0 Å². The third-order valence-electron chi connectivity index (χ3n) is 2.74. The number of nitrogens with zero attached hydrogens (tertiary/aromatic N) is 1. The summed E-state index contributed by atoms with van der Waals surface area (Å²) >= 11 is 0. The minimum Gasteiger partial charge on any atom is -0.464 e. The number of aromatic nitrogens is 2. The van der Waals surface area contributed by atoms with Crippen molar-refractivity contribution in [3.63, 3.8) is 0 Å². The van der Waals surface area contributed by atoms with Crippen LogP contribution in [0.3, 0.4) is 0 Å². The monoisotopic (exact) mass is 194 g/mol. The van der Waals surface area contributed by atoms with Crippen molar-refractivity contribution in [3.05, 3.63) is 17.7 Å². The molecule has 0 radical (unpaired) electrons. The van der Waals surface area contributed by atoms with Gasteiger partial charge in [-0.05, 0) is 12.8 Å². The molecule has 0 amide bonds. The number of carbonyl (C=O) groups excluding carboxylic acids is 1. The first-order valence-corrected chi connectivity index (χ1v) is 4.94. The van der Waals surface area contributed by atoms with Gasteiger partial charge in [0.25, 0.3) is 0 Å². The fourth-order valence-electron chi connectivity index (χ4n) is 1.96. The van der Waals surface area contributed by atoms with Gasteiger partial charge in [0, 0.05) is 5.92 Å². The summed E-state index contributed by atoms with van der Waals surface area (Å²) in [4.78, 5) is 18.4. The molecule has 1 saturated carbocycles. The molecule has 14 heavy (non-hydrogen) atoms. The van der Waals surface area contributed by atoms with Crippen molar-refractivity contribution in [1.82, 2.24) is 9.97 Å². The number of carbonyl (C=O) groups is 1. The quantitative estimate of drug-likeness (QED) is 0.731. The highest BCUT2D eigenvalue weighted by Crippen LogP contribution is 2.32. The Morgan fingerprint density at radius 2 is 2.29 bits per heavy atom. The summed E-state index contributed by atoms with van der Waals surface area (Å²) in [6.45, 7) is 0. The molecule has 4 heteroatoms. The molecule has 0 bridgehead atoms. The summed E-state index contributed by atoms with van der Waals surface area (Å²) < 4.78 is 4.60. The van der Waals surface area contributed by atoms with E-state index in [9.17, 15) is 4.79 Å². The summed E-state index contributed by atoms with van der Waals surface area (Å²) in [5.41, 5.74) is 0.453. The van der Waals surface area contributed by atoms with E-state index in [1.54, 1.807) is 6.20 Å². The molecule has 0 atom stereocenters. The largest absolute Gasteiger partial charge is 0.464 e. The second-order valence-electron chi connectivity index (χ2n) is 3.66. The van der Waals surface area contributed by atoms with Crippen molar-refractivity contribution in [2.24, 2.45) is 0 Å². The number of hydrogen-bond donors (Lipinski definition) is 1. The van der Waals surface area contributed by atoms with Crippen molar-refractivity contribution >= 4 is 5.97 Å². The summed E-state index contributed by atoms with van der Waals surface area (Å²) in [6, 6.07) is 0. The number of esters is 1. The normalized spacial score (nSPS) is 17.2. The van der Waals surface area contributed by atoms with E-state index >= 15 is 0 Å². The van der Waals surface area contributed by atoms with Crippen LogP contribution < -0.4 is 0 Å². The molecule has 0 aliphatic heterocycles. The van der Waals surface area contributed by atoms with Crippen molar-refractivity contribution in [2.75, 3.05) is 7.11 Å². The van der Waals surface area contributed by atoms with Gasteiger partial charge in [0.05, 0.1) is 13.3 Å². The van der Waals surface area contributed by atoms with Crippen molar-refractivity contribution in [2.45, 2.75) is 31.6 Å². The lowest BCUT2D eigenvalue weighted by Gasteiger charge is -2.03. The topological polar surface area (TPSA) is 55.0 Å². The van der Waals surface area contributed by atoms with Crippen LogP contribution >= 0.6 is 0 Å². The first-order chi connectivity index (χ1) is 6.81. The lowest BCUT2D eigenvalue weighted by molar-refractivity contribution is 0.0594. The Labute approximate surface area is 82.7 Å². The maximum absolute atomic E-state index is 11.1. The molecule has 1 aliphatic carbocycles. The first kappa shape index (κ1) is 9.24. The lowest BCUT2D eigenvalue weighted by Crippen LogP contribution is -2.02. The van der Waals surface area contributed by atoms with Crippen LogP contribution in [0.5, 0.6) is 0 Å². The number of aromatic amines is 1. The number of ether oxygens (including phenoxy) is 1. The molecule has 76 valence electrons. The standard InChI is InChI=1S/C10H14N2O2/c1-14-10(13)8-6-11-9(12-8)7-4-2-3-5-7/h6-7H,2-5H2,1H3,(H,11,12). The molecule has 1 aromatic rings. The zero-order valence-electron chi connectivity index (χ0n) is 8.25. The highest BCUT2D eigenvalue weighted by Gasteiger charge is 2.21. The fourth-order valence-corrected chi connectivity index (χ4v) is 1.96. The van der Waals surface area contributed by atoms with Gasteiger partial charge in [-0.15, -0.1) is 0 Å². The Kier molecular flexibility index (Phi) is 2.52. The zero-order valence-corrected chi connectivity index (χ0v) is 8.25. The fraction of sp³-hybridized carbons (Fsp3) is 0.600. The number of methoxy groups -OCH3 is 1. The number of H-pyrrole nitrogens is 1. The summed E-state index contributed by atoms with van der Waals surface area (Å²) in [5.74, 6) is 1.10. The molecule has 0 spiro atoms. The van der Waals surface area contributed by atoms with Gasteiger partial charge in [0.2, 0.25) is 0 Å². The SMILES string of the molecule is COC(=O)c1cnc(C2CCCC2)[nH]1. The van der Waals surface area contributed by atoms with Crippen LogP contribution in [-0.2, 0) is 4.74 Å². The average molecular weight is 194 g/mol. The smallest absolute Gasteiger partial charge is 0.356 e. The molecule has 0 aromatic carbocycles. The molecule has 1 N–H and O–H groups in total. The average Bonchev–Trinajstić information content (AvgIpc) is 2.86. The first-order valence-electron chi connectivity index (χ1n) is 4.94. The Morgan fingerprint density at radius 3 is 2.93 bits per heavy atom. The molecule has 1 aliphatic rings. The van der Waals surface area contributed by atoms with Gasteiger partial charge in [-0.3, -0.25) is 0 Å². The van der Waals surface area contributed by atoms with E-state index < -0.39 is 0 Å². The Balaban J connectivity index is 2.12. The number of hydrogen-bond acceptors (Lipinski definition) is 3.